The van der Waals surface area contributed by atoms with E-state index in [4.69, 9.17) is 4.74 Å². The monoisotopic (exact) mass is 317 g/mol. The zero-order chi connectivity index (χ0) is 16.7. The fraction of sp³-hybridized carbons (Fsp3) is 0.438. The van der Waals surface area contributed by atoms with E-state index in [9.17, 15) is 4.79 Å². The molecule has 124 valence electrons. The highest BCUT2D eigenvalue weighted by molar-refractivity contribution is 5.74. The summed E-state index contributed by atoms with van der Waals surface area (Å²) in [5.41, 5.74) is 2.19. The van der Waals surface area contributed by atoms with Gasteiger partial charge in [-0.3, -0.25) is 0 Å². The molecule has 1 aromatic heterocycles. The first-order valence-electron chi connectivity index (χ1n) is 7.50. The van der Waals surface area contributed by atoms with Crippen molar-refractivity contribution in [2.75, 3.05) is 20.8 Å². The molecule has 7 heteroatoms. The Kier molecular flexibility index (Phi) is 6.10. The van der Waals surface area contributed by atoms with Crippen molar-refractivity contribution in [3.8, 4) is 0 Å². The fourth-order valence-corrected chi connectivity index (χ4v) is 2.12. The second-order valence-electron chi connectivity index (χ2n) is 5.48. The lowest BCUT2D eigenvalue weighted by molar-refractivity contribution is 0.123. The van der Waals surface area contributed by atoms with Gasteiger partial charge in [0.1, 0.15) is 12.7 Å². The van der Waals surface area contributed by atoms with Gasteiger partial charge in [-0.1, -0.05) is 24.3 Å². The molecule has 2 rings (SSSR count). The highest BCUT2D eigenvalue weighted by Crippen LogP contribution is 2.06. The summed E-state index contributed by atoms with van der Waals surface area (Å²) in [6, 6.07) is 7.99. The summed E-state index contributed by atoms with van der Waals surface area (Å²) >= 11 is 0. The number of rotatable bonds is 7. The van der Waals surface area contributed by atoms with Gasteiger partial charge in [0.25, 0.3) is 0 Å². The lowest BCUT2D eigenvalue weighted by atomic mass is 10.1. The third kappa shape index (κ3) is 5.07. The lowest BCUT2D eigenvalue weighted by Gasteiger charge is -2.24. The number of carbonyl (C=O) groups is 1. The Morgan fingerprint density at radius 2 is 2.04 bits per heavy atom. The molecule has 0 bridgehead atoms. The average molecular weight is 317 g/mol. The molecule has 1 atom stereocenters. The molecule has 1 N–H and O–H groups in total. The fourth-order valence-electron chi connectivity index (χ4n) is 2.12. The van der Waals surface area contributed by atoms with Gasteiger partial charge in [0.2, 0.25) is 0 Å². The van der Waals surface area contributed by atoms with Crippen molar-refractivity contribution >= 4 is 6.03 Å². The van der Waals surface area contributed by atoms with Gasteiger partial charge in [-0.2, -0.15) is 5.10 Å². The lowest BCUT2D eigenvalue weighted by Crippen LogP contribution is -2.43. The minimum Gasteiger partial charge on any atom is -0.383 e. The number of carbonyl (C=O) groups excluding carboxylic acids is 1. The molecule has 0 aliphatic heterocycles. The van der Waals surface area contributed by atoms with Crippen molar-refractivity contribution in [1.29, 1.82) is 0 Å². The quantitative estimate of drug-likeness (QED) is 0.840. The van der Waals surface area contributed by atoms with Gasteiger partial charge in [0, 0.05) is 20.7 Å². The summed E-state index contributed by atoms with van der Waals surface area (Å²) in [6.07, 6.45) is 3.20. The number of hydrogen-bond donors (Lipinski definition) is 1. The number of urea groups is 1. The summed E-state index contributed by atoms with van der Waals surface area (Å²) in [5.74, 6) is 0. The summed E-state index contributed by atoms with van der Waals surface area (Å²) in [7, 11) is 3.39. The largest absolute Gasteiger partial charge is 0.383 e. The Morgan fingerprint density at radius 1 is 1.35 bits per heavy atom. The van der Waals surface area contributed by atoms with Crippen molar-refractivity contribution in [3.05, 3.63) is 48.0 Å². The van der Waals surface area contributed by atoms with E-state index in [1.54, 1.807) is 30.1 Å². The van der Waals surface area contributed by atoms with Crippen LogP contribution in [0.2, 0.25) is 0 Å². The predicted molar refractivity (Wildman–Crippen MR) is 86.9 cm³/mol. The molecule has 0 saturated heterocycles. The molecule has 0 aliphatic rings. The maximum absolute atomic E-state index is 12.1. The topological polar surface area (TPSA) is 72.3 Å². The third-order valence-corrected chi connectivity index (χ3v) is 3.67. The van der Waals surface area contributed by atoms with Crippen LogP contribution >= 0.6 is 0 Å². The highest BCUT2D eigenvalue weighted by Gasteiger charge is 2.14. The average Bonchev–Trinajstić information content (AvgIpc) is 3.06. The minimum absolute atomic E-state index is 0.0325. The Bertz CT molecular complexity index is 597. The van der Waals surface area contributed by atoms with Crippen LogP contribution in [0.5, 0.6) is 0 Å². The first-order valence-corrected chi connectivity index (χ1v) is 7.50. The van der Waals surface area contributed by atoms with Crippen LogP contribution in [0.4, 0.5) is 4.79 Å². The van der Waals surface area contributed by atoms with Gasteiger partial charge in [0.05, 0.1) is 19.2 Å². The Morgan fingerprint density at radius 3 is 2.65 bits per heavy atom. The van der Waals surface area contributed by atoms with Crippen LogP contribution in [0.1, 0.15) is 18.1 Å². The van der Waals surface area contributed by atoms with Crippen molar-refractivity contribution in [3.63, 3.8) is 0 Å². The normalized spacial score (nSPS) is 12.0. The van der Waals surface area contributed by atoms with Gasteiger partial charge < -0.3 is 15.0 Å². The number of likely N-dealkylation sites (N-methyl/N-ethyl adjacent to an activating group) is 1. The van der Waals surface area contributed by atoms with Crippen molar-refractivity contribution in [2.45, 2.75) is 26.1 Å². The summed E-state index contributed by atoms with van der Waals surface area (Å²) in [4.78, 5) is 17.6. The van der Waals surface area contributed by atoms with Gasteiger partial charge in [-0.05, 0) is 18.1 Å². The van der Waals surface area contributed by atoms with Gasteiger partial charge in [-0.25, -0.2) is 14.5 Å². The van der Waals surface area contributed by atoms with Crippen LogP contribution in [-0.2, 0) is 17.8 Å². The standard InChI is InChI=1S/C16H23N5O2/c1-13(10-23-3)20(2)16(22)18-8-14-4-6-15(7-5-14)9-21-12-17-11-19-21/h4-7,11-13H,8-10H2,1-3H3,(H,18,22). The van der Waals surface area contributed by atoms with E-state index in [0.29, 0.717) is 19.7 Å². The van der Waals surface area contributed by atoms with E-state index >= 15 is 0 Å². The van der Waals surface area contributed by atoms with Gasteiger partial charge in [-0.15, -0.1) is 0 Å². The summed E-state index contributed by atoms with van der Waals surface area (Å²) in [5, 5.41) is 6.98. The van der Waals surface area contributed by atoms with Gasteiger partial charge in [0.15, 0.2) is 0 Å². The van der Waals surface area contributed by atoms with Crippen LogP contribution in [-0.4, -0.2) is 52.5 Å². The van der Waals surface area contributed by atoms with Crippen molar-refractivity contribution in [1.82, 2.24) is 25.0 Å². The number of hydrogen-bond acceptors (Lipinski definition) is 4. The minimum atomic E-state index is -0.110. The molecule has 1 heterocycles. The van der Waals surface area contributed by atoms with E-state index in [1.807, 2.05) is 31.2 Å². The number of nitrogens with one attached hydrogen (secondary N) is 1. The van der Waals surface area contributed by atoms with E-state index in [0.717, 1.165) is 11.1 Å². The van der Waals surface area contributed by atoms with Crippen LogP contribution < -0.4 is 5.32 Å². The molecule has 1 aromatic carbocycles. The zero-order valence-electron chi connectivity index (χ0n) is 13.8. The van der Waals surface area contributed by atoms with Gasteiger partial charge >= 0.3 is 6.03 Å². The molecule has 1 unspecified atom stereocenters. The molecule has 7 nitrogen and oxygen atoms in total. The molecule has 0 radical (unpaired) electrons. The summed E-state index contributed by atoms with van der Waals surface area (Å²) in [6.45, 7) is 3.64. The summed E-state index contributed by atoms with van der Waals surface area (Å²) < 4.78 is 6.83. The number of benzene rings is 1. The number of aromatic nitrogens is 3. The number of nitrogens with zero attached hydrogens (tertiary/aromatic N) is 4. The SMILES string of the molecule is COCC(C)N(C)C(=O)NCc1ccc(Cn2cncn2)cc1. The third-order valence-electron chi connectivity index (χ3n) is 3.67. The smallest absolute Gasteiger partial charge is 0.317 e. The van der Waals surface area contributed by atoms with Crippen LogP contribution in [0, 0.1) is 0 Å². The van der Waals surface area contributed by atoms with Crippen LogP contribution in [0.3, 0.4) is 0 Å². The van der Waals surface area contributed by atoms with E-state index in [2.05, 4.69) is 15.4 Å². The first kappa shape index (κ1) is 17.0. The molecule has 2 amide bonds. The molecule has 2 aromatic rings. The van der Waals surface area contributed by atoms with E-state index in [1.165, 1.54) is 6.33 Å². The Hall–Kier alpha value is -2.41. The second kappa shape index (κ2) is 8.28. The molecular formula is C16H23N5O2. The maximum atomic E-state index is 12.1. The highest BCUT2D eigenvalue weighted by atomic mass is 16.5. The van der Waals surface area contributed by atoms with E-state index in [-0.39, 0.29) is 12.1 Å². The number of ether oxygens (including phenoxy) is 1. The molecular weight excluding hydrogens is 294 g/mol. The molecule has 23 heavy (non-hydrogen) atoms. The zero-order valence-corrected chi connectivity index (χ0v) is 13.8. The Balaban J connectivity index is 1.82. The molecule has 0 fully saturated rings. The predicted octanol–water partition coefficient (Wildman–Crippen LogP) is 1.50. The maximum Gasteiger partial charge on any atom is 0.317 e. The number of amides is 2. The Labute approximate surface area is 136 Å². The second-order valence-corrected chi connectivity index (χ2v) is 5.48. The van der Waals surface area contributed by atoms with Crippen molar-refractivity contribution < 1.29 is 9.53 Å². The first-order chi connectivity index (χ1) is 11.1. The number of methoxy groups -OCH3 is 1. The van der Waals surface area contributed by atoms with Crippen LogP contribution in [0.25, 0.3) is 0 Å². The van der Waals surface area contributed by atoms with Crippen LogP contribution in [0.15, 0.2) is 36.9 Å². The van der Waals surface area contributed by atoms with E-state index < -0.39 is 0 Å². The molecule has 0 aliphatic carbocycles. The molecule has 0 spiro atoms. The van der Waals surface area contributed by atoms with Crippen molar-refractivity contribution in [2.24, 2.45) is 0 Å². The molecule has 0 saturated carbocycles.